The molecule has 3 heteroatoms. The Hall–Kier alpha value is -0.720. The summed E-state index contributed by atoms with van der Waals surface area (Å²) in [5.41, 5.74) is 0. The number of hydrogen-bond donors (Lipinski definition) is 0. The summed E-state index contributed by atoms with van der Waals surface area (Å²) < 4.78 is 16.0. The van der Waals surface area contributed by atoms with Gasteiger partial charge in [-0.2, -0.15) is 0 Å². The summed E-state index contributed by atoms with van der Waals surface area (Å²) in [6.07, 6.45) is 0.305. The Morgan fingerprint density at radius 3 is 2.55 bits per heavy atom. The Bertz CT molecular complexity index is 233. The van der Waals surface area contributed by atoms with Crippen molar-refractivity contribution in [2.75, 3.05) is 13.5 Å². The first kappa shape index (κ1) is 8.38. The SMILES string of the molecule is COC[P+](=O)c1ccccc1. The van der Waals surface area contributed by atoms with Crippen LogP contribution in [0.2, 0.25) is 0 Å². The summed E-state index contributed by atoms with van der Waals surface area (Å²) in [7, 11) is 0.204. The third kappa shape index (κ3) is 2.41. The molecule has 0 aliphatic heterocycles. The van der Waals surface area contributed by atoms with Gasteiger partial charge in [-0.3, -0.25) is 0 Å². The Balaban J connectivity index is 2.69. The average molecular weight is 169 g/mol. The van der Waals surface area contributed by atoms with Crippen molar-refractivity contribution >= 4 is 13.1 Å². The van der Waals surface area contributed by atoms with E-state index in [4.69, 9.17) is 4.74 Å². The van der Waals surface area contributed by atoms with E-state index in [9.17, 15) is 4.57 Å². The van der Waals surface area contributed by atoms with Crippen LogP contribution in [0.5, 0.6) is 0 Å². The van der Waals surface area contributed by atoms with Crippen molar-refractivity contribution in [3.05, 3.63) is 30.3 Å². The van der Waals surface area contributed by atoms with Crippen molar-refractivity contribution in [1.82, 2.24) is 0 Å². The molecule has 0 spiro atoms. The van der Waals surface area contributed by atoms with Gasteiger partial charge in [0.25, 0.3) is 0 Å². The van der Waals surface area contributed by atoms with E-state index in [1.165, 1.54) is 0 Å². The molecule has 0 amide bonds. The third-order valence-corrected chi connectivity index (χ3v) is 2.66. The minimum Gasteiger partial charge on any atom is -0.340 e. The van der Waals surface area contributed by atoms with Gasteiger partial charge in [0, 0.05) is 7.11 Å². The molecule has 0 saturated heterocycles. The summed E-state index contributed by atoms with van der Waals surface area (Å²) >= 11 is 0. The Morgan fingerprint density at radius 2 is 2.00 bits per heavy atom. The maximum atomic E-state index is 11.3. The highest BCUT2D eigenvalue weighted by molar-refractivity contribution is 7.53. The largest absolute Gasteiger partial charge is 0.405 e. The molecule has 1 unspecified atom stereocenters. The van der Waals surface area contributed by atoms with E-state index in [1.807, 2.05) is 30.3 Å². The standard InChI is InChI=1S/C8H10O2P/c1-10-7-11(9)8-5-3-2-4-6-8/h2-6H,7H2,1H3/q+1. The van der Waals surface area contributed by atoms with Crippen molar-refractivity contribution < 1.29 is 9.30 Å². The van der Waals surface area contributed by atoms with Crippen LogP contribution in [0, 0.1) is 0 Å². The summed E-state index contributed by atoms with van der Waals surface area (Å²) in [6.45, 7) is 0. The first-order valence-electron chi connectivity index (χ1n) is 3.33. The Labute approximate surface area is 67.0 Å². The van der Waals surface area contributed by atoms with Gasteiger partial charge in [-0.15, -0.1) is 0 Å². The summed E-state index contributed by atoms with van der Waals surface area (Å²) in [6, 6.07) is 9.34. The molecule has 0 radical (unpaired) electrons. The molecule has 11 heavy (non-hydrogen) atoms. The quantitative estimate of drug-likeness (QED) is 0.644. The topological polar surface area (TPSA) is 26.3 Å². The molecule has 0 aliphatic rings. The molecule has 1 aromatic rings. The van der Waals surface area contributed by atoms with Crippen LogP contribution in [0.4, 0.5) is 0 Å². The Kier molecular flexibility index (Phi) is 3.21. The van der Waals surface area contributed by atoms with E-state index in [2.05, 4.69) is 0 Å². The predicted molar refractivity (Wildman–Crippen MR) is 45.6 cm³/mol. The van der Waals surface area contributed by atoms with Crippen molar-refractivity contribution in [1.29, 1.82) is 0 Å². The fourth-order valence-electron chi connectivity index (χ4n) is 0.786. The monoisotopic (exact) mass is 169 g/mol. The van der Waals surface area contributed by atoms with Crippen LogP contribution >= 0.6 is 7.80 Å². The number of rotatable bonds is 3. The second kappa shape index (κ2) is 4.22. The van der Waals surface area contributed by atoms with E-state index < -0.39 is 7.80 Å². The Morgan fingerprint density at radius 1 is 1.36 bits per heavy atom. The molecule has 0 aromatic heterocycles. The smallest absolute Gasteiger partial charge is 0.340 e. The zero-order valence-electron chi connectivity index (χ0n) is 6.36. The maximum absolute atomic E-state index is 11.3. The highest BCUT2D eigenvalue weighted by atomic mass is 31.1. The average Bonchev–Trinajstić information content (AvgIpc) is 2.07. The van der Waals surface area contributed by atoms with Crippen molar-refractivity contribution in [2.45, 2.75) is 0 Å². The molecule has 2 nitrogen and oxygen atoms in total. The molecule has 0 N–H and O–H groups in total. The number of methoxy groups -OCH3 is 1. The molecule has 0 bridgehead atoms. The van der Waals surface area contributed by atoms with E-state index in [0.29, 0.717) is 6.35 Å². The second-order valence-corrected chi connectivity index (χ2v) is 3.66. The zero-order chi connectivity index (χ0) is 8.10. The fourth-order valence-corrected chi connectivity index (χ4v) is 1.67. The minimum absolute atomic E-state index is 0.305. The summed E-state index contributed by atoms with van der Waals surface area (Å²) in [4.78, 5) is 0. The lowest BCUT2D eigenvalue weighted by atomic mass is 10.4. The van der Waals surface area contributed by atoms with Gasteiger partial charge in [0.05, 0.1) is 0 Å². The van der Waals surface area contributed by atoms with Crippen LogP contribution in [-0.4, -0.2) is 13.5 Å². The van der Waals surface area contributed by atoms with Gasteiger partial charge in [-0.25, -0.2) is 0 Å². The minimum atomic E-state index is -1.35. The van der Waals surface area contributed by atoms with Gasteiger partial charge < -0.3 is 4.74 Å². The van der Waals surface area contributed by atoms with Crippen LogP contribution in [-0.2, 0) is 9.30 Å². The lowest BCUT2D eigenvalue weighted by molar-refractivity contribution is 0.252. The van der Waals surface area contributed by atoms with E-state index >= 15 is 0 Å². The van der Waals surface area contributed by atoms with Gasteiger partial charge in [0.1, 0.15) is 0 Å². The lowest BCUT2D eigenvalue weighted by Gasteiger charge is -1.85. The number of hydrogen-bond acceptors (Lipinski definition) is 2. The molecule has 1 aromatic carbocycles. The number of benzene rings is 1. The van der Waals surface area contributed by atoms with Crippen molar-refractivity contribution in [3.8, 4) is 0 Å². The van der Waals surface area contributed by atoms with Crippen LogP contribution in [0.3, 0.4) is 0 Å². The molecule has 58 valence electrons. The molecule has 1 rings (SSSR count). The van der Waals surface area contributed by atoms with Crippen LogP contribution in [0.25, 0.3) is 0 Å². The molecule has 1 atom stereocenters. The molecule has 0 saturated carbocycles. The second-order valence-electron chi connectivity index (χ2n) is 2.13. The highest BCUT2D eigenvalue weighted by Crippen LogP contribution is 2.18. The molecule has 0 heterocycles. The van der Waals surface area contributed by atoms with E-state index in [-0.39, 0.29) is 0 Å². The van der Waals surface area contributed by atoms with Crippen molar-refractivity contribution in [2.24, 2.45) is 0 Å². The van der Waals surface area contributed by atoms with Crippen LogP contribution < -0.4 is 5.30 Å². The van der Waals surface area contributed by atoms with Crippen LogP contribution in [0.15, 0.2) is 30.3 Å². The fraction of sp³-hybridized carbons (Fsp3) is 0.250. The van der Waals surface area contributed by atoms with Gasteiger partial charge in [0.15, 0.2) is 5.30 Å². The number of ether oxygens (including phenoxy) is 1. The highest BCUT2D eigenvalue weighted by Gasteiger charge is 2.17. The van der Waals surface area contributed by atoms with Crippen LogP contribution in [0.1, 0.15) is 0 Å². The first-order valence-corrected chi connectivity index (χ1v) is 4.77. The summed E-state index contributed by atoms with van der Waals surface area (Å²) in [5, 5.41) is 0.851. The van der Waals surface area contributed by atoms with E-state index in [1.54, 1.807) is 7.11 Å². The lowest BCUT2D eigenvalue weighted by Crippen LogP contribution is -1.97. The van der Waals surface area contributed by atoms with Gasteiger partial charge in [-0.05, 0) is 12.1 Å². The van der Waals surface area contributed by atoms with E-state index in [0.717, 1.165) is 5.30 Å². The molecular formula is C8H10O2P+. The van der Waals surface area contributed by atoms with Gasteiger partial charge >= 0.3 is 7.80 Å². The predicted octanol–water partition coefficient (Wildman–Crippen LogP) is 1.74. The van der Waals surface area contributed by atoms with Gasteiger partial charge in [0.2, 0.25) is 6.35 Å². The van der Waals surface area contributed by atoms with Crippen molar-refractivity contribution in [3.63, 3.8) is 0 Å². The maximum Gasteiger partial charge on any atom is 0.405 e. The first-order chi connectivity index (χ1) is 5.34. The summed E-state index contributed by atoms with van der Waals surface area (Å²) in [5.74, 6) is 0. The zero-order valence-corrected chi connectivity index (χ0v) is 7.25. The third-order valence-electron chi connectivity index (χ3n) is 1.29. The normalized spacial score (nSPS) is 11.2. The molecule has 0 aliphatic carbocycles. The molecular weight excluding hydrogens is 159 g/mol. The molecule has 0 fully saturated rings. The van der Waals surface area contributed by atoms with Gasteiger partial charge in [-0.1, -0.05) is 22.8 Å².